The van der Waals surface area contributed by atoms with E-state index in [0.717, 1.165) is 18.8 Å². The molecule has 0 bridgehead atoms. The van der Waals surface area contributed by atoms with Crippen LogP contribution in [-0.4, -0.2) is 6.18 Å². The Labute approximate surface area is 136 Å². The molecular weight excluding hydrogens is 311 g/mol. The normalized spacial score (nSPS) is 33.4. The van der Waals surface area contributed by atoms with Gasteiger partial charge in [-0.25, -0.2) is 4.39 Å². The highest BCUT2D eigenvalue weighted by molar-refractivity contribution is 5.10. The second-order valence-corrected chi connectivity index (χ2v) is 6.79. The van der Waals surface area contributed by atoms with Gasteiger partial charge < -0.3 is 0 Å². The molecule has 23 heavy (non-hydrogen) atoms. The van der Waals surface area contributed by atoms with Gasteiger partial charge in [0, 0.05) is 5.92 Å². The highest BCUT2D eigenvalue weighted by Crippen LogP contribution is 2.44. The smallest absolute Gasteiger partial charge is 0.208 e. The third-order valence-corrected chi connectivity index (χ3v) is 5.32. The molecule has 2 rings (SSSR count). The average molecular weight is 340 g/mol. The molecule has 0 radical (unpaired) electrons. The fraction of sp³-hybridized carbons (Fsp3) is 0.889. The number of hydrogen-bond donors (Lipinski definition) is 0. The van der Waals surface area contributed by atoms with Crippen LogP contribution in [0.25, 0.3) is 0 Å². The summed E-state index contributed by atoms with van der Waals surface area (Å²) in [6, 6.07) is 0. The van der Waals surface area contributed by atoms with Gasteiger partial charge in [-0.1, -0.05) is 33.6 Å². The largest absolute Gasteiger partial charge is 0.445 e. The lowest BCUT2D eigenvalue weighted by Gasteiger charge is -2.37. The molecule has 2 saturated carbocycles. The number of alkyl halides is 3. The summed E-state index contributed by atoms with van der Waals surface area (Å²) < 4.78 is 63.1. The molecule has 0 unspecified atom stereocenters. The predicted molar refractivity (Wildman–Crippen MR) is 83.2 cm³/mol. The van der Waals surface area contributed by atoms with Crippen LogP contribution in [0.3, 0.4) is 0 Å². The van der Waals surface area contributed by atoms with Crippen LogP contribution in [0, 0.1) is 23.7 Å². The van der Waals surface area contributed by atoms with Gasteiger partial charge in [0.15, 0.2) is 0 Å². The van der Waals surface area contributed by atoms with E-state index in [4.69, 9.17) is 0 Å². The van der Waals surface area contributed by atoms with Gasteiger partial charge in [-0.2, -0.15) is 17.6 Å². The van der Waals surface area contributed by atoms with Crippen molar-refractivity contribution in [2.45, 2.75) is 78.3 Å². The summed E-state index contributed by atoms with van der Waals surface area (Å²) in [4.78, 5) is 0. The van der Waals surface area contributed by atoms with E-state index in [9.17, 15) is 22.0 Å². The Balaban J connectivity index is 0.00000127. The number of rotatable bonds is 2. The summed E-state index contributed by atoms with van der Waals surface area (Å²) in [6.07, 6.45) is 1.70. The SMILES string of the molecule is CC.CC1CCC(C2CCC(/C(F)=C(\F)C(F)(F)F)CC2)CC1. The maximum Gasteiger partial charge on any atom is 0.445 e. The van der Waals surface area contributed by atoms with E-state index in [1.54, 1.807) is 0 Å². The van der Waals surface area contributed by atoms with Crippen LogP contribution in [-0.2, 0) is 0 Å². The molecule has 0 amide bonds. The standard InChI is InChI=1S/C16H23F5.C2H6/c1-10-2-4-11(5-3-10)12-6-8-13(9-7-12)14(17)15(18)16(19,20)21;1-2/h10-13H,2-9H2,1H3;1-2H3/b15-14+;. The van der Waals surface area contributed by atoms with Crippen molar-refractivity contribution in [3.8, 4) is 0 Å². The minimum absolute atomic E-state index is 0.339. The van der Waals surface area contributed by atoms with Crippen molar-refractivity contribution in [1.82, 2.24) is 0 Å². The first-order valence-corrected chi connectivity index (χ1v) is 8.91. The van der Waals surface area contributed by atoms with E-state index in [2.05, 4.69) is 6.92 Å². The first-order chi connectivity index (χ1) is 10.8. The molecule has 0 N–H and O–H groups in total. The fourth-order valence-electron chi connectivity index (χ4n) is 3.92. The second-order valence-electron chi connectivity index (χ2n) is 6.79. The van der Waals surface area contributed by atoms with Crippen LogP contribution in [0.1, 0.15) is 72.1 Å². The van der Waals surface area contributed by atoms with Crippen LogP contribution in [0.5, 0.6) is 0 Å². The van der Waals surface area contributed by atoms with Crippen LogP contribution in [0.2, 0.25) is 0 Å². The molecule has 0 aromatic heterocycles. The van der Waals surface area contributed by atoms with Gasteiger partial charge in [0.05, 0.1) is 0 Å². The van der Waals surface area contributed by atoms with Gasteiger partial charge in [-0.15, -0.1) is 0 Å². The minimum atomic E-state index is -5.19. The molecular formula is C18H29F5. The molecule has 0 aromatic carbocycles. The van der Waals surface area contributed by atoms with E-state index in [1.807, 2.05) is 13.8 Å². The van der Waals surface area contributed by atoms with E-state index >= 15 is 0 Å². The zero-order valence-electron chi connectivity index (χ0n) is 14.4. The molecule has 0 atom stereocenters. The highest BCUT2D eigenvalue weighted by Gasteiger charge is 2.41. The van der Waals surface area contributed by atoms with Crippen molar-refractivity contribution in [1.29, 1.82) is 0 Å². The molecule has 0 heterocycles. The average Bonchev–Trinajstić information content (AvgIpc) is 2.55. The van der Waals surface area contributed by atoms with Gasteiger partial charge in [0.25, 0.3) is 0 Å². The van der Waals surface area contributed by atoms with Crippen molar-refractivity contribution in [3.63, 3.8) is 0 Å². The van der Waals surface area contributed by atoms with Crippen molar-refractivity contribution >= 4 is 0 Å². The third-order valence-electron chi connectivity index (χ3n) is 5.32. The monoisotopic (exact) mass is 340 g/mol. The number of hydrogen-bond acceptors (Lipinski definition) is 0. The Morgan fingerprint density at radius 2 is 1.13 bits per heavy atom. The van der Waals surface area contributed by atoms with Crippen molar-refractivity contribution in [2.24, 2.45) is 23.7 Å². The first kappa shape index (κ1) is 20.4. The fourth-order valence-corrected chi connectivity index (χ4v) is 3.92. The maximum absolute atomic E-state index is 13.6. The van der Waals surface area contributed by atoms with Crippen LogP contribution in [0.4, 0.5) is 22.0 Å². The van der Waals surface area contributed by atoms with Gasteiger partial charge >= 0.3 is 6.18 Å². The summed E-state index contributed by atoms with van der Waals surface area (Å²) >= 11 is 0. The Morgan fingerprint density at radius 1 is 0.739 bits per heavy atom. The molecule has 0 aromatic rings. The molecule has 2 fully saturated rings. The topological polar surface area (TPSA) is 0 Å². The lowest BCUT2D eigenvalue weighted by Crippen LogP contribution is -2.26. The molecule has 0 nitrogen and oxygen atoms in total. The minimum Gasteiger partial charge on any atom is -0.208 e. The van der Waals surface area contributed by atoms with Gasteiger partial charge in [0.2, 0.25) is 5.83 Å². The molecule has 0 aliphatic heterocycles. The van der Waals surface area contributed by atoms with Gasteiger partial charge in [0.1, 0.15) is 5.83 Å². The van der Waals surface area contributed by atoms with Gasteiger partial charge in [-0.05, 0) is 56.3 Å². The quantitative estimate of drug-likeness (QED) is 0.461. The van der Waals surface area contributed by atoms with E-state index in [1.165, 1.54) is 25.7 Å². The summed E-state index contributed by atoms with van der Waals surface area (Å²) in [6.45, 7) is 6.24. The van der Waals surface area contributed by atoms with Gasteiger partial charge in [-0.3, -0.25) is 0 Å². The van der Waals surface area contributed by atoms with Crippen LogP contribution in [0.15, 0.2) is 11.7 Å². The van der Waals surface area contributed by atoms with E-state index in [0.29, 0.717) is 24.7 Å². The molecule has 0 saturated heterocycles. The Bertz CT molecular complexity index is 369. The van der Waals surface area contributed by atoms with Crippen molar-refractivity contribution < 1.29 is 22.0 Å². The Hall–Kier alpha value is -0.610. The van der Waals surface area contributed by atoms with Crippen molar-refractivity contribution in [2.75, 3.05) is 0 Å². The molecule has 136 valence electrons. The highest BCUT2D eigenvalue weighted by atomic mass is 19.4. The number of halogens is 5. The summed E-state index contributed by atoms with van der Waals surface area (Å²) in [7, 11) is 0. The summed E-state index contributed by atoms with van der Waals surface area (Å²) in [5.74, 6) is -3.13. The van der Waals surface area contributed by atoms with Crippen molar-refractivity contribution in [3.05, 3.63) is 11.7 Å². The summed E-state index contributed by atoms with van der Waals surface area (Å²) in [5, 5.41) is 0. The van der Waals surface area contributed by atoms with Crippen LogP contribution < -0.4 is 0 Å². The molecule has 5 heteroatoms. The zero-order chi connectivity index (χ0) is 17.6. The molecule has 0 spiro atoms. The van der Waals surface area contributed by atoms with E-state index < -0.39 is 23.7 Å². The Morgan fingerprint density at radius 3 is 1.52 bits per heavy atom. The second kappa shape index (κ2) is 9.03. The Kier molecular flexibility index (Phi) is 8.02. The number of allylic oxidation sites excluding steroid dienone is 2. The molecule has 2 aliphatic carbocycles. The van der Waals surface area contributed by atoms with Crippen LogP contribution >= 0.6 is 0 Å². The predicted octanol–water partition coefficient (Wildman–Crippen LogP) is 7.36. The van der Waals surface area contributed by atoms with E-state index in [-0.39, 0.29) is 0 Å². The maximum atomic E-state index is 13.6. The first-order valence-electron chi connectivity index (χ1n) is 8.91. The summed E-state index contributed by atoms with van der Waals surface area (Å²) in [5.41, 5.74) is 0. The zero-order valence-corrected chi connectivity index (χ0v) is 14.4. The molecule has 2 aliphatic rings. The lowest BCUT2D eigenvalue weighted by molar-refractivity contribution is -0.112. The third kappa shape index (κ3) is 5.75. The lowest BCUT2D eigenvalue weighted by atomic mass is 9.69.